The number of nitrogens with one attached hydrogen (secondary N) is 1. The first-order valence-corrected chi connectivity index (χ1v) is 7.38. The minimum absolute atomic E-state index is 0.351. The van der Waals surface area contributed by atoms with Crippen LogP contribution in [0.2, 0.25) is 10.0 Å². The van der Waals surface area contributed by atoms with E-state index in [9.17, 15) is 5.11 Å². The highest BCUT2D eigenvalue weighted by Gasteiger charge is 2.21. The smallest absolute Gasteiger partial charge is 0.0758 e. The molecule has 17 heavy (non-hydrogen) atoms. The number of halogens is 2. The molecule has 1 aromatic rings. The van der Waals surface area contributed by atoms with Crippen LogP contribution >= 0.6 is 35.0 Å². The van der Waals surface area contributed by atoms with Gasteiger partial charge in [-0.25, -0.2) is 0 Å². The maximum Gasteiger partial charge on any atom is 0.0758 e. The number of rotatable bonds is 6. The zero-order chi connectivity index (χ0) is 12.3. The highest BCUT2D eigenvalue weighted by atomic mass is 35.5. The fraction of sp³-hybridized carbons (Fsp3) is 0.500. The lowest BCUT2D eigenvalue weighted by Crippen LogP contribution is -2.29. The summed E-state index contributed by atoms with van der Waals surface area (Å²) in [5, 5.41) is 14.4. The van der Waals surface area contributed by atoms with Crippen molar-refractivity contribution in [1.29, 1.82) is 0 Å². The third-order valence-electron chi connectivity index (χ3n) is 2.54. The van der Waals surface area contributed by atoms with E-state index in [2.05, 4.69) is 5.32 Å². The average Bonchev–Trinajstić information content (AvgIpc) is 3.11. The number of hydrogen-bond acceptors (Lipinski definition) is 3. The lowest BCUT2D eigenvalue weighted by atomic mass is 10.4. The van der Waals surface area contributed by atoms with Gasteiger partial charge in [-0.3, -0.25) is 0 Å². The van der Waals surface area contributed by atoms with Crippen LogP contribution in [0.15, 0.2) is 23.1 Å². The highest BCUT2D eigenvalue weighted by Crippen LogP contribution is 2.30. The summed E-state index contributed by atoms with van der Waals surface area (Å²) in [6.07, 6.45) is 2.12. The molecule has 0 aromatic heterocycles. The van der Waals surface area contributed by atoms with Crippen molar-refractivity contribution < 1.29 is 5.11 Å². The third kappa shape index (κ3) is 4.68. The fourth-order valence-corrected chi connectivity index (χ4v) is 2.85. The van der Waals surface area contributed by atoms with Crippen LogP contribution in [-0.4, -0.2) is 29.5 Å². The Kier molecular flexibility index (Phi) is 5.00. The van der Waals surface area contributed by atoms with Crippen molar-refractivity contribution in [3.8, 4) is 0 Å². The molecule has 1 saturated carbocycles. The normalized spacial score (nSPS) is 17.1. The van der Waals surface area contributed by atoms with E-state index >= 15 is 0 Å². The van der Waals surface area contributed by atoms with E-state index in [1.807, 2.05) is 6.07 Å². The predicted molar refractivity (Wildman–Crippen MR) is 74.2 cm³/mol. The number of aliphatic hydroxyl groups is 1. The van der Waals surface area contributed by atoms with Crippen LogP contribution in [0, 0.1) is 0 Å². The van der Waals surface area contributed by atoms with Gasteiger partial charge < -0.3 is 10.4 Å². The molecular weight excluding hydrogens is 277 g/mol. The van der Waals surface area contributed by atoms with E-state index < -0.39 is 0 Å². The Labute approximate surface area is 116 Å². The van der Waals surface area contributed by atoms with Gasteiger partial charge in [-0.2, -0.15) is 0 Å². The minimum atomic E-state index is -0.351. The molecule has 0 radical (unpaired) electrons. The molecule has 2 nitrogen and oxygen atoms in total. The molecule has 0 saturated heterocycles. The summed E-state index contributed by atoms with van der Waals surface area (Å²) in [6, 6.07) is 6.00. The molecule has 0 amide bonds. The van der Waals surface area contributed by atoms with Gasteiger partial charge in [-0.05, 0) is 31.0 Å². The Balaban J connectivity index is 1.77. The Bertz CT molecular complexity index is 385. The van der Waals surface area contributed by atoms with Crippen molar-refractivity contribution in [1.82, 2.24) is 5.32 Å². The largest absolute Gasteiger partial charge is 0.391 e. The van der Waals surface area contributed by atoms with Crippen LogP contribution in [0.4, 0.5) is 0 Å². The molecule has 2 N–H and O–H groups in total. The van der Waals surface area contributed by atoms with Crippen molar-refractivity contribution in [3.63, 3.8) is 0 Å². The van der Waals surface area contributed by atoms with Gasteiger partial charge in [0.25, 0.3) is 0 Å². The summed E-state index contributed by atoms with van der Waals surface area (Å²) in [5.74, 6) is 0.625. The van der Waals surface area contributed by atoms with Crippen molar-refractivity contribution in [2.75, 3.05) is 12.3 Å². The van der Waals surface area contributed by atoms with Crippen LogP contribution < -0.4 is 5.32 Å². The molecule has 94 valence electrons. The topological polar surface area (TPSA) is 32.3 Å². The zero-order valence-corrected chi connectivity index (χ0v) is 11.7. The van der Waals surface area contributed by atoms with Gasteiger partial charge in [-0.1, -0.05) is 23.2 Å². The molecule has 0 heterocycles. The van der Waals surface area contributed by atoms with E-state index in [1.54, 1.807) is 12.1 Å². The number of thioether (sulfide) groups is 1. The quantitative estimate of drug-likeness (QED) is 0.790. The SMILES string of the molecule is OC(CNC1CC1)CSc1cc(Cl)ccc1Cl. The zero-order valence-electron chi connectivity index (χ0n) is 9.33. The molecule has 1 aliphatic rings. The van der Waals surface area contributed by atoms with Crippen molar-refractivity contribution in [3.05, 3.63) is 28.2 Å². The minimum Gasteiger partial charge on any atom is -0.391 e. The molecule has 0 bridgehead atoms. The van der Waals surface area contributed by atoms with Gasteiger partial charge in [0.05, 0.1) is 11.1 Å². The van der Waals surface area contributed by atoms with Crippen LogP contribution in [0.25, 0.3) is 0 Å². The van der Waals surface area contributed by atoms with Gasteiger partial charge in [0.1, 0.15) is 0 Å². The molecular formula is C12H15Cl2NOS. The summed E-state index contributed by atoms with van der Waals surface area (Å²) in [5.41, 5.74) is 0. The van der Waals surface area contributed by atoms with Crippen molar-refractivity contribution in [2.24, 2.45) is 0 Å². The first-order chi connectivity index (χ1) is 8.15. The number of aliphatic hydroxyl groups excluding tert-OH is 1. The maximum absolute atomic E-state index is 9.79. The van der Waals surface area contributed by atoms with Gasteiger partial charge in [0, 0.05) is 28.3 Å². The Hall–Kier alpha value is 0.0700. The van der Waals surface area contributed by atoms with E-state index in [0.717, 1.165) is 4.90 Å². The lowest BCUT2D eigenvalue weighted by molar-refractivity contribution is 0.195. The van der Waals surface area contributed by atoms with Gasteiger partial charge in [0.2, 0.25) is 0 Å². The number of benzene rings is 1. The second kappa shape index (κ2) is 6.30. The summed E-state index contributed by atoms with van der Waals surface area (Å²) in [4.78, 5) is 0.921. The summed E-state index contributed by atoms with van der Waals surface area (Å²) in [6.45, 7) is 0.649. The molecule has 1 aliphatic carbocycles. The molecule has 1 unspecified atom stereocenters. The molecule has 1 aromatic carbocycles. The fourth-order valence-electron chi connectivity index (χ4n) is 1.42. The second-order valence-corrected chi connectivity index (χ2v) is 6.13. The van der Waals surface area contributed by atoms with Crippen LogP contribution in [-0.2, 0) is 0 Å². The molecule has 0 aliphatic heterocycles. The van der Waals surface area contributed by atoms with E-state index in [-0.39, 0.29) is 6.10 Å². The van der Waals surface area contributed by atoms with Crippen LogP contribution in [0.3, 0.4) is 0 Å². The highest BCUT2D eigenvalue weighted by molar-refractivity contribution is 7.99. The molecule has 5 heteroatoms. The Morgan fingerprint density at radius 3 is 2.88 bits per heavy atom. The van der Waals surface area contributed by atoms with Crippen molar-refractivity contribution >= 4 is 35.0 Å². The van der Waals surface area contributed by atoms with Gasteiger partial charge in [-0.15, -0.1) is 11.8 Å². The Morgan fingerprint density at radius 2 is 2.18 bits per heavy atom. The van der Waals surface area contributed by atoms with E-state index in [4.69, 9.17) is 23.2 Å². The van der Waals surface area contributed by atoms with Gasteiger partial charge >= 0.3 is 0 Å². The second-order valence-electron chi connectivity index (χ2n) is 4.22. The standard InChI is InChI=1S/C12H15Cl2NOS/c13-8-1-4-11(14)12(5-8)17-7-10(16)6-15-9-2-3-9/h1,4-5,9-10,15-16H,2-3,6-7H2. The predicted octanol–water partition coefficient (Wildman–Crippen LogP) is 3.20. The van der Waals surface area contributed by atoms with E-state index in [1.165, 1.54) is 24.6 Å². The first kappa shape index (κ1) is 13.5. The molecule has 0 spiro atoms. The van der Waals surface area contributed by atoms with Crippen LogP contribution in [0.5, 0.6) is 0 Å². The van der Waals surface area contributed by atoms with Crippen molar-refractivity contribution in [2.45, 2.75) is 29.9 Å². The average molecular weight is 292 g/mol. The molecule has 1 fully saturated rings. The summed E-state index contributed by atoms with van der Waals surface area (Å²) in [7, 11) is 0. The maximum atomic E-state index is 9.79. The summed E-state index contributed by atoms with van der Waals surface area (Å²) < 4.78 is 0. The molecule has 1 atom stereocenters. The third-order valence-corrected chi connectivity index (χ3v) is 4.42. The first-order valence-electron chi connectivity index (χ1n) is 5.64. The lowest BCUT2D eigenvalue weighted by Gasteiger charge is -2.11. The van der Waals surface area contributed by atoms with Gasteiger partial charge in [0.15, 0.2) is 0 Å². The Morgan fingerprint density at radius 1 is 1.41 bits per heavy atom. The summed E-state index contributed by atoms with van der Waals surface area (Å²) >= 11 is 13.5. The van der Waals surface area contributed by atoms with Crippen LogP contribution in [0.1, 0.15) is 12.8 Å². The molecule has 2 rings (SSSR count). The number of hydrogen-bond donors (Lipinski definition) is 2. The monoisotopic (exact) mass is 291 g/mol. The van der Waals surface area contributed by atoms with E-state index in [0.29, 0.717) is 28.4 Å².